The van der Waals surface area contributed by atoms with Crippen LogP contribution in [0.5, 0.6) is 0 Å². The van der Waals surface area contributed by atoms with Crippen molar-refractivity contribution < 1.29 is 14.4 Å². The summed E-state index contributed by atoms with van der Waals surface area (Å²) in [6.07, 6.45) is 0. The molecule has 7 heteroatoms. The van der Waals surface area contributed by atoms with Crippen LogP contribution in [0.3, 0.4) is 0 Å². The molecule has 1 heterocycles. The summed E-state index contributed by atoms with van der Waals surface area (Å²) in [5, 5.41) is 9.51. The van der Waals surface area contributed by atoms with Crippen LogP contribution in [0.1, 0.15) is 35.0 Å². The number of amides is 3. The number of thiophene rings is 1. The molecule has 3 N–H and O–H groups in total. The van der Waals surface area contributed by atoms with Gasteiger partial charge in [0.05, 0.1) is 18.0 Å². The van der Waals surface area contributed by atoms with Crippen LogP contribution >= 0.6 is 11.3 Å². The summed E-state index contributed by atoms with van der Waals surface area (Å²) in [6.45, 7) is 3.82. The lowest BCUT2D eigenvalue weighted by Crippen LogP contribution is -2.40. The number of carbonyl (C=O) groups excluding carboxylic acids is 3. The Kier molecular flexibility index (Phi) is 6.71. The molecule has 1 aromatic carbocycles. The lowest BCUT2D eigenvalue weighted by molar-refractivity contribution is -0.123. The second-order valence-corrected chi connectivity index (χ2v) is 6.71. The van der Waals surface area contributed by atoms with Gasteiger partial charge < -0.3 is 16.0 Å². The van der Waals surface area contributed by atoms with Crippen LogP contribution < -0.4 is 16.0 Å². The third-order valence-electron chi connectivity index (χ3n) is 3.44. The number of hydrogen-bond donors (Lipinski definition) is 3. The van der Waals surface area contributed by atoms with Gasteiger partial charge >= 0.3 is 0 Å². The molecular weight excluding hydrogens is 338 g/mol. The minimum Gasteiger partial charge on any atom is -0.345 e. The molecular formula is C18H21N3O3S. The first-order valence-electron chi connectivity index (χ1n) is 7.94. The maximum absolute atomic E-state index is 11.9. The normalized spacial score (nSPS) is 10.4. The summed E-state index contributed by atoms with van der Waals surface area (Å²) < 4.78 is 0. The summed E-state index contributed by atoms with van der Waals surface area (Å²) in [5.41, 5.74) is 1.81. The van der Waals surface area contributed by atoms with Crippen LogP contribution in [0.25, 0.3) is 0 Å². The Hall–Kier alpha value is -2.67. The van der Waals surface area contributed by atoms with E-state index in [1.807, 2.05) is 18.2 Å². The highest BCUT2D eigenvalue weighted by molar-refractivity contribution is 7.12. The Morgan fingerprint density at radius 2 is 1.76 bits per heavy atom. The average molecular weight is 359 g/mol. The van der Waals surface area contributed by atoms with Gasteiger partial charge in [-0.3, -0.25) is 14.4 Å². The van der Waals surface area contributed by atoms with Gasteiger partial charge in [-0.05, 0) is 35.1 Å². The van der Waals surface area contributed by atoms with E-state index in [1.54, 1.807) is 23.6 Å². The molecule has 1 aromatic heterocycles. The predicted octanol–water partition coefficient (Wildman–Crippen LogP) is 2.36. The molecule has 0 unspecified atom stereocenters. The van der Waals surface area contributed by atoms with Crippen molar-refractivity contribution in [2.45, 2.75) is 19.8 Å². The highest BCUT2D eigenvalue weighted by atomic mass is 32.1. The fourth-order valence-electron chi connectivity index (χ4n) is 2.08. The number of carbonyl (C=O) groups is 3. The summed E-state index contributed by atoms with van der Waals surface area (Å²) in [5.74, 6) is -0.682. The van der Waals surface area contributed by atoms with Crippen LogP contribution in [-0.2, 0) is 9.59 Å². The Balaban J connectivity index is 1.73. The summed E-state index contributed by atoms with van der Waals surface area (Å²) in [6, 6.07) is 11.0. The molecule has 132 valence electrons. The van der Waals surface area contributed by atoms with Gasteiger partial charge in [0.1, 0.15) is 0 Å². The van der Waals surface area contributed by atoms with Crippen molar-refractivity contribution in [2.24, 2.45) is 0 Å². The molecule has 3 amide bonds. The van der Waals surface area contributed by atoms with Gasteiger partial charge in [0.2, 0.25) is 11.8 Å². The molecule has 0 bridgehead atoms. The first kappa shape index (κ1) is 18.7. The van der Waals surface area contributed by atoms with Crippen molar-refractivity contribution in [1.82, 2.24) is 10.6 Å². The van der Waals surface area contributed by atoms with Crippen LogP contribution in [0.4, 0.5) is 5.69 Å². The minimum absolute atomic E-state index is 0.153. The van der Waals surface area contributed by atoms with Gasteiger partial charge in [-0.15, -0.1) is 11.3 Å². The topological polar surface area (TPSA) is 87.3 Å². The molecule has 0 fully saturated rings. The second kappa shape index (κ2) is 8.98. The second-order valence-electron chi connectivity index (χ2n) is 5.77. The summed E-state index contributed by atoms with van der Waals surface area (Å²) in [7, 11) is 0. The fraction of sp³-hybridized carbons (Fsp3) is 0.278. The quantitative estimate of drug-likeness (QED) is 0.709. The van der Waals surface area contributed by atoms with Crippen molar-refractivity contribution in [2.75, 3.05) is 18.4 Å². The summed E-state index contributed by atoms with van der Waals surface area (Å²) in [4.78, 5) is 35.9. The van der Waals surface area contributed by atoms with Crippen molar-refractivity contribution >= 4 is 34.7 Å². The van der Waals surface area contributed by atoms with Crippen LogP contribution in [0.2, 0.25) is 0 Å². The molecule has 6 nitrogen and oxygen atoms in total. The zero-order valence-electron chi connectivity index (χ0n) is 14.2. The standard InChI is InChI=1S/C18H21N3O3S/c1-12(2)13-5-3-6-14(9-13)21-17(23)11-19-16(22)10-20-18(24)15-7-4-8-25-15/h3-9,12H,10-11H2,1-2H3,(H,19,22)(H,20,24)(H,21,23). The average Bonchev–Trinajstić information content (AvgIpc) is 3.12. The van der Waals surface area contributed by atoms with Gasteiger partial charge in [0.25, 0.3) is 5.91 Å². The molecule has 0 radical (unpaired) electrons. The molecule has 2 rings (SSSR count). The van der Waals surface area contributed by atoms with E-state index in [0.29, 0.717) is 16.5 Å². The van der Waals surface area contributed by atoms with E-state index in [0.717, 1.165) is 5.56 Å². The number of rotatable bonds is 7. The van der Waals surface area contributed by atoms with E-state index in [1.165, 1.54) is 11.3 Å². The number of benzene rings is 1. The smallest absolute Gasteiger partial charge is 0.261 e. The lowest BCUT2D eigenvalue weighted by atomic mass is 10.0. The Labute approximate surface area is 150 Å². The molecule has 0 aliphatic rings. The van der Waals surface area contributed by atoms with Crippen molar-refractivity contribution in [1.29, 1.82) is 0 Å². The van der Waals surface area contributed by atoms with Crippen molar-refractivity contribution in [3.63, 3.8) is 0 Å². The first-order chi connectivity index (χ1) is 12.0. The van der Waals surface area contributed by atoms with Crippen molar-refractivity contribution in [3.05, 3.63) is 52.2 Å². The SMILES string of the molecule is CC(C)c1cccc(NC(=O)CNC(=O)CNC(=O)c2cccs2)c1. The first-order valence-corrected chi connectivity index (χ1v) is 8.82. The van der Waals surface area contributed by atoms with E-state index < -0.39 is 5.91 Å². The Morgan fingerprint density at radius 3 is 2.44 bits per heavy atom. The molecule has 0 saturated heterocycles. The van der Waals surface area contributed by atoms with E-state index >= 15 is 0 Å². The zero-order chi connectivity index (χ0) is 18.2. The van der Waals surface area contributed by atoms with E-state index in [4.69, 9.17) is 0 Å². The van der Waals surface area contributed by atoms with E-state index in [-0.39, 0.29) is 24.9 Å². The van der Waals surface area contributed by atoms with E-state index in [2.05, 4.69) is 29.8 Å². The maximum atomic E-state index is 11.9. The largest absolute Gasteiger partial charge is 0.345 e. The van der Waals surface area contributed by atoms with Gasteiger partial charge in [0, 0.05) is 5.69 Å². The predicted molar refractivity (Wildman–Crippen MR) is 98.8 cm³/mol. The van der Waals surface area contributed by atoms with Gasteiger partial charge in [-0.25, -0.2) is 0 Å². The van der Waals surface area contributed by atoms with Gasteiger partial charge in [0.15, 0.2) is 0 Å². The minimum atomic E-state index is -0.420. The van der Waals surface area contributed by atoms with E-state index in [9.17, 15) is 14.4 Å². The number of anilines is 1. The van der Waals surface area contributed by atoms with Crippen LogP contribution in [-0.4, -0.2) is 30.8 Å². The maximum Gasteiger partial charge on any atom is 0.261 e. The third-order valence-corrected chi connectivity index (χ3v) is 4.31. The zero-order valence-corrected chi connectivity index (χ0v) is 15.0. The van der Waals surface area contributed by atoms with Crippen molar-refractivity contribution in [3.8, 4) is 0 Å². The monoisotopic (exact) mass is 359 g/mol. The molecule has 25 heavy (non-hydrogen) atoms. The summed E-state index contributed by atoms with van der Waals surface area (Å²) >= 11 is 1.30. The highest BCUT2D eigenvalue weighted by Crippen LogP contribution is 2.18. The molecule has 0 saturated carbocycles. The Morgan fingerprint density at radius 1 is 1.00 bits per heavy atom. The number of hydrogen-bond acceptors (Lipinski definition) is 4. The third kappa shape index (κ3) is 6.04. The molecule has 0 aliphatic carbocycles. The highest BCUT2D eigenvalue weighted by Gasteiger charge is 2.10. The Bertz CT molecular complexity index is 742. The van der Waals surface area contributed by atoms with Gasteiger partial charge in [-0.2, -0.15) is 0 Å². The molecule has 0 spiro atoms. The molecule has 2 aromatic rings. The fourth-order valence-corrected chi connectivity index (χ4v) is 2.72. The number of nitrogens with one attached hydrogen (secondary N) is 3. The van der Waals surface area contributed by atoms with Gasteiger partial charge in [-0.1, -0.05) is 32.0 Å². The molecule has 0 aliphatic heterocycles. The van der Waals surface area contributed by atoms with Crippen LogP contribution in [0.15, 0.2) is 41.8 Å². The molecule has 0 atom stereocenters. The van der Waals surface area contributed by atoms with Crippen LogP contribution in [0, 0.1) is 0 Å². The lowest BCUT2D eigenvalue weighted by Gasteiger charge is -2.10.